The smallest absolute Gasteiger partial charge is 0.138 e. The van der Waals surface area contributed by atoms with Crippen molar-refractivity contribution >= 4 is 11.5 Å². The van der Waals surface area contributed by atoms with Crippen molar-refractivity contribution in [1.82, 2.24) is 24.2 Å². The zero-order valence-electron chi connectivity index (χ0n) is 19.6. The molecule has 0 N–H and O–H groups in total. The number of aromatic nitrogens is 3. The molecule has 2 aliphatic heterocycles. The van der Waals surface area contributed by atoms with Gasteiger partial charge >= 0.3 is 0 Å². The van der Waals surface area contributed by atoms with Crippen LogP contribution in [0.25, 0.3) is 5.65 Å². The molecule has 33 heavy (non-hydrogen) atoms. The summed E-state index contributed by atoms with van der Waals surface area (Å²) in [4.78, 5) is 17.6. The van der Waals surface area contributed by atoms with E-state index in [1.165, 1.54) is 30.9 Å². The summed E-state index contributed by atoms with van der Waals surface area (Å²) < 4.78 is 7.86. The van der Waals surface area contributed by atoms with Gasteiger partial charge in [-0.3, -0.25) is 19.2 Å². The van der Waals surface area contributed by atoms with Crippen LogP contribution in [0.4, 0.5) is 5.82 Å². The molecule has 3 fully saturated rings. The average molecular weight is 447 g/mol. The molecule has 5 heterocycles. The van der Waals surface area contributed by atoms with E-state index < -0.39 is 0 Å². The van der Waals surface area contributed by atoms with Crippen molar-refractivity contribution in [2.24, 2.45) is 5.92 Å². The van der Waals surface area contributed by atoms with Crippen molar-refractivity contribution < 1.29 is 4.74 Å². The predicted octanol–water partition coefficient (Wildman–Crippen LogP) is 3.14. The summed E-state index contributed by atoms with van der Waals surface area (Å²) >= 11 is 0. The predicted molar refractivity (Wildman–Crippen MR) is 130 cm³/mol. The molecule has 0 bridgehead atoms. The highest BCUT2D eigenvalue weighted by atomic mass is 16.5. The van der Waals surface area contributed by atoms with Gasteiger partial charge in [-0.15, -0.1) is 0 Å². The fourth-order valence-corrected chi connectivity index (χ4v) is 5.29. The highest BCUT2D eigenvalue weighted by Gasteiger charge is 2.34. The number of pyridine rings is 2. The summed E-state index contributed by atoms with van der Waals surface area (Å²) in [7, 11) is 0. The van der Waals surface area contributed by atoms with Gasteiger partial charge in [-0.25, -0.2) is 4.98 Å². The monoisotopic (exact) mass is 446 g/mol. The summed E-state index contributed by atoms with van der Waals surface area (Å²) in [5.41, 5.74) is 4.48. The second-order valence-electron chi connectivity index (χ2n) is 9.84. The fraction of sp³-hybridized carbons (Fsp3) is 0.538. The van der Waals surface area contributed by atoms with Crippen LogP contribution in [0.5, 0.6) is 0 Å². The van der Waals surface area contributed by atoms with Crippen LogP contribution in [0.1, 0.15) is 36.0 Å². The van der Waals surface area contributed by atoms with Crippen molar-refractivity contribution in [1.29, 1.82) is 0 Å². The number of fused-ring (bicyclic) bond motifs is 1. The first-order chi connectivity index (χ1) is 16.2. The minimum Gasteiger partial charge on any atom is -0.378 e. The van der Waals surface area contributed by atoms with Crippen molar-refractivity contribution in [2.45, 2.75) is 32.4 Å². The molecule has 3 aromatic rings. The summed E-state index contributed by atoms with van der Waals surface area (Å²) in [5, 5.41) is 0. The zero-order chi connectivity index (χ0) is 22.2. The molecule has 1 aliphatic carbocycles. The first kappa shape index (κ1) is 21.1. The summed E-state index contributed by atoms with van der Waals surface area (Å²) in [6.45, 7) is 10.8. The average Bonchev–Trinajstić information content (AvgIpc) is 3.54. The normalized spacial score (nSPS) is 22.8. The first-order valence-corrected chi connectivity index (χ1v) is 12.4. The number of hydrogen-bond acceptors (Lipinski definition) is 6. The molecule has 0 radical (unpaired) electrons. The van der Waals surface area contributed by atoms with Crippen molar-refractivity contribution in [2.75, 3.05) is 57.4 Å². The molecular weight excluding hydrogens is 412 g/mol. The fourth-order valence-electron chi connectivity index (χ4n) is 5.29. The lowest BCUT2D eigenvalue weighted by atomic mass is 10.1. The number of rotatable bonds is 6. The third-order valence-electron chi connectivity index (χ3n) is 7.26. The van der Waals surface area contributed by atoms with Gasteiger partial charge in [0.05, 0.1) is 30.6 Å². The number of ether oxygens (including phenoxy) is 1. The second-order valence-corrected chi connectivity index (χ2v) is 9.84. The summed E-state index contributed by atoms with van der Waals surface area (Å²) in [6, 6.07) is 13.1. The van der Waals surface area contributed by atoms with Crippen LogP contribution in [0.15, 0.2) is 42.6 Å². The number of nitrogens with zero attached hydrogens (tertiary/aromatic N) is 6. The Balaban J connectivity index is 1.28. The van der Waals surface area contributed by atoms with E-state index in [-0.39, 0.29) is 0 Å². The Morgan fingerprint density at radius 1 is 0.970 bits per heavy atom. The van der Waals surface area contributed by atoms with E-state index in [0.29, 0.717) is 6.04 Å². The molecule has 3 aliphatic rings. The van der Waals surface area contributed by atoms with E-state index in [1.807, 2.05) is 0 Å². The Morgan fingerprint density at radius 3 is 2.64 bits per heavy atom. The SMILES string of the molecule is Cc1cccc(CN2CCN(CC3CC3)C(c3cn4c(N5CCOCC5)cccc4n3)C2)n1. The van der Waals surface area contributed by atoms with Gasteiger partial charge in [-0.05, 0) is 49.9 Å². The number of morpholine rings is 1. The van der Waals surface area contributed by atoms with Gasteiger partial charge in [0.2, 0.25) is 0 Å². The molecule has 0 spiro atoms. The van der Waals surface area contributed by atoms with Gasteiger partial charge in [0.1, 0.15) is 11.5 Å². The molecule has 1 atom stereocenters. The number of imidazole rings is 1. The van der Waals surface area contributed by atoms with Gasteiger partial charge < -0.3 is 9.64 Å². The van der Waals surface area contributed by atoms with E-state index in [2.05, 4.69) is 68.6 Å². The zero-order valence-corrected chi connectivity index (χ0v) is 19.6. The summed E-state index contributed by atoms with van der Waals surface area (Å²) in [5.74, 6) is 2.10. The molecule has 2 saturated heterocycles. The maximum absolute atomic E-state index is 5.57. The van der Waals surface area contributed by atoms with E-state index in [4.69, 9.17) is 14.7 Å². The van der Waals surface area contributed by atoms with Gasteiger partial charge in [0.15, 0.2) is 0 Å². The Morgan fingerprint density at radius 2 is 1.82 bits per heavy atom. The molecule has 1 saturated carbocycles. The van der Waals surface area contributed by atoms with Gasteiger partial charge in [0, 0.05) is 57.7 Å². The first-order valence-electron chi connectivity index (χ1n) is 12.4. The maximum Gasteiger partial charge on any atom is 0.138 e. The Labute approximate surface area is 196 Å². The van der Waals surface area contributed by atoms with E-state index >= 15 is 0 Å². The third kappa shape index (κ3) is 4.63. The summed E-state index contributed by atoms with van der Waals surface area (Å²) in [6.07, 6.45) is 5.05. The third-order valence-corrected chi connectivity index (χ3v) is 7.26. The number of aryl methyl sites for hydroxylation is 1. The Kier molecular flexibility index (Phi) is 5.78. The number of hydrogen-bond donors (Lipinski definition) is 0. The highest BCUT2D eigenvalue weighted by Crippen LogP contribution is 2.35. The van der Waals surface area contributed by atoms with Gasteiger partial charge in [-0.1, -0.05) is 12.1 Å². The van der Waals surface area contributed by atoms with E-state index in [1.54, 1.807) is 0 Å². The molecule has 1 unspecified atom stereocenters. The quantitative estimate of drug-likeness (QED) is 0.580. The molecular formula is C26H34N6O. The van der Waals surface area contributed by atoms with Crippen LogP contribution in [-0.4, -0.2) is 76.7 Å². The van der Waals surface area contributed by atoms with E-state index in [0.717, 1.165) is 75.4 Å². The van der Waals surface area contributed by atoms with Crippen LogP contribution in [-0.2, 0) is 11.3 Å². The standard InChI is InChI=1S/C26H34N6O/c1-20-4-2-5-22(27-20)17-29-10-11-31(16-21-8-9-21)24(19-29)23-18-32-25(28-23)6-3-7-26(32)30-12-14-33-15-13-30/h2-7,18,21,24H,8-17,19H2,1H3. The van der Waals surface area contributed by atoms with Crippen molar-refractivity contribution in [3.05, 3.63) is 59.7 Å². The lowest BCUT2D eigenvalue weighted by Gasteiger charge is -2.40. The lowest BCUT2D eigenvalue weighted by Crippen LogP contribution is -2.48. The second kappa shape index (κ2) is 9.05. The van der Waals surface area contributed by atoms with Gasteiger partial charge in [-0.2, -0.15) is 0 Å². The number of piperazine rings is 1. The molecule has 6 rings (SSSR count). The highest BCUT2D eigenvalue weighted by molar-refractivity contribution is 5.53. The van der Waals surface area contributed by atoms with E-state index in [9.17, 15) is 0 Å². The Hall–Kier alpha value is -2.48. The molecule has 174 valence electrons. The van der Waals surface area contributed by atoms with Crippen LogP contribution < -0.4 is 4.90 Å². The molecule has 7 nitrogen and oxygen atoms in total. The van der Waals surface area contributed by atoms with Crippen molar-refractivity contribution in [3.63, 3.8) is 0 Å². The molecule has 0 aromatic carbocycles. The lowest BCUT2D eigenvalue weighted by molar-refractivity contribution is 0.0633. The topological polar surface area (TPSA) is 49.1 Å². The van der Waals surface area contributed by atoms with Crippen molar-refractivity contribution in [3.8, 4) is 0 Å². The molecule has 3 aromatic heterocycles. The van der Waals surface area contributed by atoms with Crippen LogP contribution in [0.2, 0.25) is 0 Å². The maximum atomic E-state index is 5.57. The number of anilines is 1. The minimum absolute atomic E-state index is 0.321. The molecule has 7 heteroatoms. The molecule has 0 amide bonds. The Bertz CT molecular complexity index is 1100. The van der Waals surface area contributed by atoms with Crippen LogP contribution in [0, 0.1) is 12.8 Å². The van der Waals surface area contributed by atoms with Crippen LogP contribution in [0.3, 0.4) is 0 Å². The largest absolute Gasteiger partial charge is 0.378 e. The van der Waals surface area contributed by atoms with Gasteiger partial charge in [0.25, 0.3) is 0 Å². The van der Waals surface area contributed by atoms with Crippen LogP contribution >= 0.6 is 0 Å². The minimum atomic E-state index is 0.321.